The van der Waals surface area contributed by atoms with E-state index in [9.17, 15) is 4.79 Å². The van der Waals surface area contributed by atoms with Gasteiger partial charge in [0.05, 0.1) is 18.4 Å². The standard InChI is InChI=1S/C12H15ClN4OS/c1-3-16(4-2)9-5-11(18)17(15-6-9)8-10-7-14-12(13)19-10/h5-7H,3-4,8H2,1-2H3. The van der Waals surface area contributed by atoms with Crippen molar-refractivity contribution in [1.29, 1.82) is 0 Å². The van der Waals surface area contributed by atoms with Crippen molar-refractivity contribution in [2.24, 2.45) is 0 Å². The summed E-state index contributed by atoms with van der Waals surface area (Å²) in [5.74, 6) is 0. The molecule has 7 heteroatoms. The number of aromatic nitrogens is 3. The molecule has 0 aliphatic carbocycles. The van der Waals surface area contributed by atoms with Crippen molar-refractivity contribution < 1.29 is 0 Å². The smallest absolute Gasteiger partial charge is 0.269 e. The highest BCUT2D eigenvalue weighted by atomic mass is 35.5. The minimum absolute atomic E-state index is 0.117. The maximum atomic E-state index is 12.0. The van der Waals surface area contributed by atoms with E-state index in [0.717, 1.165) is 23.7 Å². The predicted octanol–water partition coefficient (Wildman–Crippen LogP) is 2.25. The first-order chi connectivity index (χ1) is 9.13. The lowest BCUT2D eigenvalue weighted by molar-refractivity contribution is 0.642. The number of nitrogens with zero attached hydrogens (tertiary/aromatic N) is 4. The minimum atomic E-state index is -0.117. The summed E-state index contributed by atoms with van der Waals surface area (Å²) in [7, 11) is 0. The molecular formula is C12H15ClN4OS. The Hall–Kier alpha value is -1.40. The Balaban J connectivity index is 2.22. The third-order valence-electron chi connectivity index (χ3n) is 2.81. The van der Waals surface area contributed by atoms with Crippen molar-refractivity contribution in [3.8, 4) is 0 Å². The lowest BCUT2D eigenvalue weighted by Gasteiger charge is -2.20. The first-order valence-corrected chi connectivity index (χ1v) is 7.25. The largest absolute Gasteiger partial charge is 0.371 e. The van der Waals surface area contributed by atoms with E-state index < -0.39 is 0 Å². The molecule has 2 heterocycles. The molecule has 2 rings (SSSR count). The number of hydrogen-bond acceptors (Lipinski definition) is 5. The number of hydrogen-bond donors (Lipinski definition) is 0. The van der Waals surface area contributed by atoms with Crippen LogP contribution in [0.5, 0.6) is 0 Å². The summed E-state index contributed by atoms with van der Waals surface area (Å²) in [5, 5.41) is 4.20. The van der Waals surface area contributed by atoms with Gasteiger partial charge in [0.1, 0.15) is 0 Å². The minimum Gasteiger partial charge on any atom is -0.371 e. The summed E-state index contributed by atoms with van der Waals surface area (Å²) in [4.78, 5) is 19.0. The van der Waals surface area contributed by atoms with E-state index in [-0.39, 0.29) is 5.56 Å². The molecule has 102 valence electrons. The van der Waals surface area contributed by atoms with Gasteiger partial charge in [0.2, 0.25) is 0 Å². The van der Waals surface area contributed by atoms with E-state index in [0.29, 0.717) is 11.0 Å². The van der Waals surface area contributed by atoms with E-state index in [1.807, 2.05) is 13.8 Å². The van der Waals surface area contributed by atoms with Crippen LogP contribution >= 0.6 is 22.9 Å². The Morgan fingerprint density at radius 3 is 2.63 bits per heavy atom. The van der Waals surface area contributed by atoms with Crippen LogP contribution in [0.3, 0.4) is 0 Å². The molecule has 19 heavy (non-hydrogen) atoms. The molecule has 0 saturated heterocycles. The zero-order chi connectivity index (χ0) is 13.8. The molecule has 0 unspecified atom stereocenters. The van der Waals surface area contributed by atoms with Crippen molar-refractivity contribution >= 4 is 28.6 Å². The highest BCUT2D eigenvalue weighted by Crippen LogP contribution is 2.18. The van der Waals surface area contributed by atoms with Gasteiger partial charge < -0.3 is 4.90 Å². The second-order valence-corrected chi connectivity index (χ2v) is 5.66. The maximum absolute atomic E-state index is 12.0. The van der Waals surface area contributed by atoms with Crippen LogP contribution in [0.15, 0.2) is 23.3 Å². The summed E-state index contributed by atoms with van der Waals surface area (Å²) in [6.45, 7) is 6.21. The van der Waals surface area contributed by atoms with Gasteiger partial charge >= 0.3 is 0 Å². The van der Waals surface area contributed by atoms with Crippen LogP contribution in [0.1, 0.15) is 18.7 Å². The predicted molar refractivity (Wildman–Crippen MR) is 78.3 cm³/mol. The Bertz CT molecular complexity index is 606. The fourth-order valence-corrected chi connectivity index (χ4v) is 2.77. The molecule has 0 amide bonds. The zero-order valence-corrected chi connectivity index (χ0v) is 12.4. The third-order valence-corrected chi connectivity index (χ3v) is 3.91. The van der Waals surface area contributed by atoms with Crippen LogP contribution in [0.2, 0.25) is 4.47 Å². The summed E-state index contributed by atoms with van der Waals surface area (Å²) in [6, 6.07) is 1.61. The molecule has 0 aliphatic heterocycles. The molecule has 2 aromatic rings. The van der Waals surface area contributed by atoms with E-state index in [1.54, 1.807) is 18.5 Å². The van der Waals surface area contributed by atoms with Gasteiger partial charge in [-0.15, -0.1) is 11.3 Å². The number of anilines is 1. The van der Waals surface area contributed by atoms with Crippen molar-refractivity contribution in [2.75, 3.05) is 18.0 Å². The molecular weight excluding hydrogens is 284 g/mol. The number of thiazole rings is 1. The van der Waals surface area contributed by atoms with Crippen molar-refractivity contribution in [3.63, 3.8) is 0 Å². The van der Waals surface area contributed by atoms with E-state index in [4.69, 9.17) is 11.6 Å². The van der Waals surface area contributed by atoms with Crippen LogP contribution in [0.4, 0.5) is 5.69 Å². The van der Waals surface area contributed by atoms with Gasteiger partial charge in [0.25, 0.3) is 5.56 Å². The van der Waals surface area contributed by atoms with Gasteiger partial charge in [-0.1, -0.05) is 11.6 Å². The quantitative estimate of drug-likeness (QED) is 0.849. The first-order valence-electron chi connectivity index (χ1n) is 6.06. The highest BCUT2D eigenvalue weighted by Gasteiger charge is 2.07. The Morgan fingerprint density at radius 2 is 2.11 bits per heavy atom. The first kappa shape index (κ1) is 14.0. The average Bonchev–Trinajstić information content (AvgIpc) is 2.80. The molecule has 0 bridgehead atoms. The molecule has 0 aromatic carbocycles. The van der Waals surface area contributed by atoms with Crippen molar-refractivity contribution in [2.45, 2.75) is 20.4 Å². The fourth-order valence-electron chi connectivity index (χ4n) is 1.81. The van der Waals surface area contributed by atoms with Gasteiger partial charge in [0, 0.05) is 30.2 Å². The number of rotatable bonds is 5. The fraction of sp³-hybridized carbons (Fsp3) is 0.417. The summed E-state index contributed by atoms with van der Waals surface area (Å²) < 4.78 is 1.89. The second kappa shape index (κ2) is 6.16. The Morgan fingerprint density at radius 1 is 1.37 bits per heavy atom. The highest BCUT2D eigenvalue weighted by molar-refractivity contribution is 7.15. The average molecular weight is 299 g/mol. The van der Waals surface area contributed by atoms with Crippen LogP contribution in [-0.2, 0) is 6.54 Å². The topological polar surface area (TPSA) is 51.0 Å². The molecule has 0 spiro atoms. The molecule has 5 nitrogen and oxygen atoms in total. The SMILES string of the molecule is CCN(CC)c1cnn(Cc2cnc(Cl)s2)c(=O)c1. The van der Waals surface area contributed by atoms with Crippen LogP contribution in [0, 0.1) is 0 Å². The van der Waals surface area contributed by atoms with Crippen LogP contribution in [-0.4, -0.2) is 27.9 Å². The lowest BCUT2D eigenvalue weighted by Crippen LogP contribution is -2.27. The monoisotopic (exact) mass is 298 g/mol. The summed E-state index contributed by atoms with van der Waals surface area (Å²) in [6.07, 6.45) is 3.39. The van der Waals surface area contributed by atoms with Crippen molar-refractivity contribution in [1.82, 2.24) is 14.8 Å². The second-order valence-electron chi connectivity index (χ2n) is 3.96. The molecule has 0 aliphatic rings. The Labute approximate surface area is 120 Å². The summed E-state index contributed by atoms with van der Waals surface area (Å²) >= 11 is 7.12. The molecule has 0 atom stereocenters. The number of halogens is 1. The maximum Gasteiger partial charge on any atom is 0.269 e. The molecule has 0 saturated carbocycles. The normalized spacial score (nSPS) is 10.7. The van der Waals surface area contributed by atoms with Gasteiger partial charge in [0.15, 0.2) is 4.47 Å². The molecule has 2 aromatic heterocycles. The summed E-state index contributed by atoms with van der Waals surface area (Å²) in [5.41, 5.74) is 0.738. The van der Waals surface area contributed by atoms with Gasteiger partial charge in [-0.25, -0.2) is 9.67 Å². The Kier molecular flexibility index (Phi) is 4.55. The van der Waals surface area contributed by atoms with E-state index in [2.05, 4.69) is 15.0 Å². The van der Waals surface area contributed by atoms with Crippen molar-refractivity contribution in [3.05, 3.63) is 38.2 Å². The molecule has 0 radical (unpaired) electrons. The van der Waals surface area contributed by atoms with Crippen LogP contribution < -0.4 is 10.5 Å². The van der Waals surface area contributed by atoms with E-state index in [1.165, 1.54) is 16.0 Å². The molecule has 0 fully saturated rings. The van der Waals surface area contributed by atoms with Gasteiger partial charge in [-0.3, -0.25) is 4.79 Å². The van der Waals surface area contributed by atoms with Gasteiger partial charge in [-0.05, 0) is 13.8 Å². The van der Waals surface area contributed by atoms with E-state index >= 15 is 0 Å². The zero-order valence-electron chi connectivity index (χ0n) is 10.8. The third kappa shape index (κ3) is 3.33. The molecule has 0 N–H and O–H groups in total. The van der Waals surface area contributed by atoms with Crippen LogP contribution in [0.25, 0.3) is 0 Å². The lowest BCUT2D eigenvalue weighted by atomic mass is 10.4. The van der Waals surface area contributed by atoms with Gasteiger partial charge in [-0.2, -0.15) is 5.10 Å².